The van der Waals surface area contributed by atoms with Crippen LogP contribution in [0.2, 0.25) is 0 Å². The Balaban J connectivity index is 1.79. The van der Waals surface area contributed by atoms with Gasteiger partial charge in [0.2, 0.25) is 5.91 Å². The Morgan fingerprint density at radius 3 is 2.57 bits per heavy atom. The van der Waals surface area contributed by atoms with Crippen molar-refractivity contribution >= 4 is 5.91 Å². The average Bonchev–Trinajstić information content (AvgIpc) is 2.80. The SMILES string of the molecule is NC(=O)C(CN1CCCC1)NC1CC1. The van der Waals surface area contributed by atoms with E-state index in [9.17, 15) is 4.79 Å². The molecular formula is C10H19N3O. The highest BCUT2D eigenvalue weighted by atomic mass is 16.1. The third-order valence-corrected chi connectivity index (χ3v) is 3.00. The van der Waals surface area contributed by atoms with E-state index in [1.165, 1.54) is 25.7 Å². The van der Waals surface area contributed by atoms with Crippen molar-refractivity contribution in [1.82, 2.24) is 10.2 Å². The van der Waals surface area contributed by atoms with E-state index < -0.39 is 0 Å². The Labute approximate surface area is 84.8 Å². The van der Waals surface area contributed by atoms with E-state index in [1.807, 2.05) is 0 Å². The van der Waals surface area contributed by atoms with Crippen LogP contribution < -0.4 is 11.1 Å². The summed E-state index contributed by atoms with van der Waals surface area (Å²) in [5.41, 5.74) is 5.36. The number of amides is 1. The van der Waals surface area contributed by atoms with Gasteiger partial charge in [0.25, 0.3) is 0 Å². The molecule has 1 heterocycles. The zero-order valence-electron chi connectivity index (χ0n) is 8.54. The summed E-state index contributed by atoms with van der Waals surface area (Å²) in [4.78, 5) is 13.5. The van der Waals surface area contributed by atoms with Gasteiger partial charge in [-0.25, -0.2) is 0 Å². The van der Waals surface area contributed by atoms with E-state index >= 15 is 0 Å². The Morgan fingerprint density at radius 1 is 1.43 bits per heavy atom. The van der Waals surface area contributed by atoms with Gasteiger partial charge in [-0.1, -0.05) is 0 Å². The topological polar surface area (TPSA) is 58.4 Å². The van der Waals surface area contributed by atoms with Gasteiger partial charge in [-0.3, -0.25) is 4.79 Å². The lowest BCUT2D eigenvalue weighted by Crippen LogP contribution is -2.49. The summed E-state index contributed by atoms with van der Waals surface area (Å²) in [7, 11) is 0. The van der Waals surface area contributed by atoms with Crippen LogP contribution in [0, 0.1) is 0 Å². The minimum Gasteiger partial charge on any atom is -0.368 e. The van der Waals surface area contributed by atoms with Crippen LogP contribution in [0.3, 0.4) is 0 Å². The van der Waals surface area contributed by atoms with Gasteiger partial charge in [0.05, 0.1) is 6.04 Å². The molecule has 0 spiro atoms. The Morgan fingerprint density at radius 2 is 2.07 bits per heavy atom. The molecule has 80 valence electrons. The summed E-state index contributed by atoms with van der Waals surface area (Å²) in [5.74, 6) is -0.205. The van der Waals surface area contributed by atoms with Gasteiger partial charge >= 0.3 is 0 Å². The van der Waals surface area contributed by atoms with Crippen LogP contribution in [0.15, 0.2) is 0 Å². The van der Waals surface area contributed by atoms with E-state index in [1.54, 1.807) is 0 Å². The lowest BCUT2D eigenvalue weighted by atomic mass is 10.2. The average molecular weight is 197 g/mol. The lowest BCUT2D eigenvalue weighted by molar-refractivity contribution is -0.120. The number of hydrogen-bond acceptors (Lipinski definition) is 3. The molecule has 0 aromatic heterocycles. The minimum atomic E-state index is -0.205. The minimum absolute atomic E-state index is 0.138. The van der Waals surface area contributed by atoms with Crippen molar-refractivity contribution in [3.63, 3.8) is 0 Å². The standard InChI is InChI=1S/C10H19N3O/c11-10(14)9(12-8-3-4-8)7-13-5-1-2-6-13/h8-9,12H,1-7H2,(H2,11,14). The molecule has 0 aromatic rings. The molecule has 0 bridgehead atoms. The molecule has 0 aromatic carbocycles. The molecule has 0 radical (unpaired) electrons. The molecule has 2 aliphatic rings. The largest absolute Gasteiger partial charge is 0.368 e. The maximum atomic E-state index is 11.2. The summed E-state index contributed by atoms with van der Waals surface area (Å²) in [6, 6.07) is 0.413. The van der Waals surface area contributed by atoms with Crippen molar-refractivity contribution in [2.45, 2.75) is 37.8 Å². The van der Waals surface area contributed by atoms with Crippen LogP contribution >= 0.6 is 0 Å². The number of likely N-dealkylation sites (tertiary alicyclic amines) is 1. The normalized spacial score (nSPS) is 25.1. The number of hydrogen-bond donors (Lipinski definition) is 2. The monoisotopic (exact) mass is 197 g/mol. The number of nitrogens with zero attached hydrogens (tertiary/aromatic N) is 1. The maximum absolute atomic E-state index is 11.2. The molecule has 1 saturated carbocycles. The first-order chi connectivity index (χ1) is 6.75. The number of carbonyl (C=O) groups excluding carboxylic acids is 1. The number of nitrogens with one attached hydrogen (secondary N) is 1. The van der Waals surface area contributed by atoms with Crippen LogP contribution in [-0.4, -0.2) is 42.5 Å². The van der Waals surface area contributed by atoms with E-state index in [4.69, 9.17) is 5.73 Å². The molecule has 1 aliphatic carbocycles. The zero-order valence-corrected chi connectivity index (χ0v) is 8.54. The highest BCUT2D eigenvalue weighted by Gasteiger charge is 2.28. The molecule has 14 heavy (non-hydrogen) atoms. The van der Waals surface area contributed by atoms with Crippen LogP contribution in [0.4, 0.5) is 0 Å². The quantitative estimate of drug-likeness (QED) is 0.635. The van der Waals surface area contributed by atoms with Crippen molar-refractivity contribution in [3.05, 3.63) is 0 Å². The number of carbonyl (C=O) groups is 1. The predicted molar refractivity (Wildman–Crippen MR) is 54.8 cm³/mol. The van der Waals surface area contributed by atoms with Crippen LogP contribution in [0.1, 0.15) is 25.7 Å². The fourth-order valence-electron chi connectivity index (χ4n) is 1.98. The second-order valence-electron chi connectivity index (χ2n) is 4.40. The first-order valence-corrected chi connectivity index (χ1v) is 5.53. The predicted octanol–water partition coefficient (Wildman–Crippen LogP) is -0.312. The van der Waals surface area contributed by atoms with Gasteiger partial charge in [0.1, 0.15) is 0 Å². The zero-order chi connectivity index (χ0) is 9.97. The highest BCUT2D eigenvalue weighted by Crippen LogP contribution is 2.19. The van der Waals surface area contributed by atoms with E-state index in [2.05, 4.69) is 10.2 Å². The van der Waals surface area contributed by atoms with Gasteiger partial charge in [-0.05, 0) is 38.8 Å². The Bertz CT molecular complexity index is 209. The summed E-state index contributed by atoms with van der Waals surface area (Å²) >= 11 is 0. The summed E-state index contributed by atoms with van der Waals surface area (Å²) in [6.07, 6.45) is 4.91. The summed E-state index contributed by atoms with van der Waals surface area (Å²) in [5, 5.41) is 3.30. The summed E-state index contributed by atoms with van der Waals surface area (Å²) in [6.45, 7) is 3.04. The Kier molecular flexibility index (Phi) is 3.03. The van der Waals surface area contributed by atoms with Crippen molar-refractivity contribution in [2.24, 2.45) is 5.73 Å². The molecule has 3 N–H and O–H groups in total. The van der Waals surface area contributed by atoms with Gasteiger partial charge in [0.15, 0.2) is 0 Å². The highest BCUT2D eigenvalue weighted by molar-refractivity contribution is 5.80. The second kappa shape index (κ2) is 4.28. The molecule has 4 heteroatoms. The molecule has 1 atom stereocenters. The van der Waals surface area contributed by atoms with Gasteiger partial charge in [-0.2, -0.15) is 0 Å². The first-order valence-electron chi connectivity index (χ1n) is 5.53. The molecular weight excluding hydrogens is 178 g/mol. The molecule has 1 aliphatic heterocycles. The van der Waals surface area contributed by atoms with Gasteiger partial charge < -0.3 is 16.0 Å². The van der Waals surface area contributed by atoms with Crippen LogP contribution in [0.25, 0.3) is 0 Å². The van der Waals surface area contributed by atoms with Gasteiger partial charge in [-0.15, -0.1) is 0 Å². The molecule has 1 amide bonds. The molecule has 2 fully saturated rings. The van der Waals surface area contributed by atoms with Gasteiger partial charge in [0, 0.05) is 12.6 Å². The van der Waals surface area contributed by atoms with E-state index in [0.29, 0.717) is 6.04 Å². The van der Waals surface area contributed by atoms with Crippen molar-refractivity contribution in [1.29, 1.82) is 0 Å². The van der Waals surface area contributed by atoms with Crippen LogP contribution in [-0.2, 0) is 4.79 Å². The van der Waals surface area contributed by atoms with Crippen molar-refractivity contribution in [3.8, 4) is 0 Å². The maximum Gasteiger partial charge on any atom is 0.235 e. The fourth-order valence-corrected chi connectivity index (χ4v) is 1.98. The smallest absolute Gasteiger partial charge is 0.235 e. The fraction of sp³-hybridized carbons (Fsp3) is 0.900. The molecule has 4 nitrogen and oxygen atoms in total. The van der Waals surface area contributed by atoms with Crippen molar-refractivity contribution in [2.75, 3.05) is 19.6 Å². The van der Waals surface area contributed by atoms with E-state index in [-0.39, 0.29) is 11.9 Å². The summed E-state index contributed by atoms with van der Waals surface area (Å²) < 4.78 is 0. The molecule has 1 saturated heterocycles. The van der Waals surface area contributed by atoms with Crippen LogP contribution in [0.5, 0.6) is 0 Å². The Hall–Kier alpha value is -0.610. The third kappa shape index (κ3) is 2.69. The molecule has 1 unspecified atom stereocenters. The second-order valence-corrected chi connectivity index (χ2v) is 4.40. The number of nitrogens with two attached hydrogens (primary N) is 1. The lowest BCUT2D eigenvalue weighted by Gasteiger charge is -2.21. The number of rotatable bonds is 5. The molecule has 2 rings (SSSR count). The first kappa shape index (κ1) is 9.93. The third-order valence-electron chi connectivity index (χ3n) is 3.00. The van der Waals surface area contributed by atoms with E-state index in [0.717, 1.165) is 19.6 Å². The van der Waals surface area contributed by atoms with Crippen molar-refractivity contribution < 1.29 is 4.79 Å². The number of primary amides is 1.